The first-order chi connectivity index (χ1) is 12.1. The quantitative estimate of drug-likeness (QED) is 0.811. The third kappa shape index (κ3) is 3.66. The number of aryl methyl sites for hydroxylation is 1. The lowest BCUT2D eigenvalue weighted by Gasteiger charge is -2.50. The molecular weight excluding hydrogens is 330 g/mol. The van der Waals surface area contributed by atoms with Crippen molar-refractivity contribution in [2.45, 2.75) is 70.0 Å². The standard InChI is InChI=1S/C20H27N3OS/c1-13-5-2-3-8-18(13)22-20(25)23-16-6-4-7-17(23)12-15(11-16)21-19(24)14-9-10-14/h2-3,5,8,14-17H,4,6-7,9-12H2,1H3,(H,21,24)(H,22,25)/t15?,16-,17+. The van der Waals surface area contributed by atoms with Crippen LogP contribution in [0.2, 0.25) is 0 Å². The van der Waals surface area contributed by atoms with E-state index in [9.17, 15) is 4.79 Å². The summed E-state index contributed by atoms with van der Waals surface area (Å²) in [7, 11) is 0. The molecule has 0 spiro atoms. The molecule has 134 valence electrons. The zero-order valence-corrected chi connectivity index (χ0v) is 15.6. The molecule has 3 aliphatic rings. The van der Waals surface area contributed by atoms with Crippen LogP contribution in [0, 0.1) is 12.8 Å². The fourth-order valence-electron chi connectivity index (χ4n) is 4.39. The normalized spacial score (nSPS) is 28.4. The Morgan fingerprint density at radius 3 is 2.44 bits per heavy atom. The first kappa shape index (κ1) is 16.8. The molecule has 1 aromatic carbocycles. The van der Waals surface area contributed by atoms with Crippen LogP contribution in [0.3, 0.4) is 0 Å². The number of rotatable bonds is 3. The van der Waals surface area contributed by atoms with E-state index in [0.717, 1.165) is 36.5 Å². The molecule has 2 N–H and O–H groups in total. The maximum atomic E-state index is 12.1. The van der Waals surface area contributed by atoms with Gasteiger partial charge in [-0.05, 0) is 75.7 Å². The molecule has 2 heterocycles. The Kier molecular flexibility index (Phi) is 4.67. The maximum absolute atomic E-state index is 12.1. The summed E-state index contributed by atoms with van der Waals surface area (Å²) in [5, 5.41) is 7.60. The van der Waals surface area contributed by atoms with Gasteiger partial charge in [0.2, 0.25) is 5.91 Å². The summed E-state index contributed by atoms with van der Waals surface area (Å²) in [4.78, 5) is 14.5. The predicted molar refractivity (Wildman–Crippen MR) is 105 cm³/mol. The number of nitrogens with zero attached hydrogens (tertiary/aromatic N) is 1. The van der Waals surface area contributed by atoms with Crippen LogP contribution in [0.1, 0.15) is 50.5 Å². The van der Waals surface area contributed by atoms with E-state index in [-0.39, 0.29) is 5.91 Å². The highest BCUT2D eigenvalue weighted by atomic mass is 32.1. The number of piperidine rings is 2. The number of para-hydroxylation sites is 1. The molecule has 4 rings (SSSR count). The van der Waals surface area contributed by atoms with Gasteiger partial charge in [-0.3, -0.25) is 4.79 Å². The summed E-state index contributed by atoms with van der Waals surface area (Å²) in [5.74, 6) is 0.568. The molecule has 1 aliphatic carbocycles. The summed E-state index contributed by atoms with van der Waals surface area (Å²) in [6.07, 6.45) is 7.78. The lowest BCUT2D eigenvalue weighted by atomic mass is 9.82. The monoisotopic (exact) mass is 357 g/mol. The van der Waals surface area contributed by atoms with Gasteiger partial charge in [0, 0.05) is 29.7 Å². The molecule has 0 radical (unpaired) electrons. The molecule has 2 bridgehead atoms. The van der Waals surface area contributed by atoms with Crippen molar-refractivity contribution in [3.8, 4) is 0 Å². The van der Waals surface area contributed by atoms with E-state index in [1.807, 2.05) is 12.1 Å². The number of anilines is 1. The van der Waals surface area contributed by atoms with E-state index >= 15 is 0 Å². The van der Waals surface area contributed by atoms with E-state index < -0.39 is 0 Å². The lowest BCUT2D eigenvalue weighted by molar-refractivity contribution is -0.123. The van der Waals surface area contributed by atoms with E-state index in [0.29, 0.717) is 24.0 Å². The van der Waals surface area contributed by atoms with E-state index in [1.54, 1.807) is 0 Å². The van der Waals surface area contributed by atoms with E-state index in [1.165, 1.54) is 24.8 Å². The van der Waals surface area contributed by atoms with Crippen molar-refractivity contribution in [1.29, 1.82) is 0 Å². The van der Waals surface area contributed by atoms with Gasteiger partial charge in [0.25, 0.3) is 0 Å². The summed E-state index contributed by atoms with van der Waals surface area (Å²) >= 11 is 5.78. The average molecular weight is 358 g/mol. The van der Waals surface area contributed by atoms with Crippen LogP contribution in [0.4, 0.5) is 5.69 Å². The summed E-state index contributed by atoms with van der Waals surface area (Å²) in [5.41, 5.74) is 2.30. The number of hydrogen-bond donors (Lipinski definition) is 2. The van der Waals surface area contributed by atoms with Gasteiger partial charge in [-0.2, -0.15) is 0 Å². The highest BCUT2D eigenvalue weighted by molar-refractivity contribution is 7.80. The minimum Gasteiger partial charge on any atom is -0.353 e. The Hall–Kier alpha value is -1.62. The molecule has 25 heavy (non-hydrogen) atoms. The number of thiocarbonyl (C=S) groups is 1. The van der Waals surface area contributed by atoms with Gasteiger partial charge >= 0.3 is 0 Å². The molecule has 1 aromatic rings. The number of carbonyl (C=O) groups excluding carboxylic acids is 1. The Labute approximate surface area is 155 Å². The Morgan fingerprint density at radius 1 is 1.12 bits per heavy atom. The first-order valence-corrected chi connectivity index (χ1v) is 9.98. The Morgan fingerprint density at radius 2 is 1.80 bits per heavy atom. The third-order valence-corrected chi connectivity index (χ3v) is 6.20. The highest BCUT2D eigenvalue weighted by Crippen LogP contribution is 2.36. The molecule has 1 amide bonds. The largest absolute Gasteiger partial charge is 0.353 e. The summed E-state index contributed by atoms with van der Waals surface area (Å²) < 4.78 is 0. The van der Waals surface area contributed by atoms with Crippen LogP contribution >= 0.6 is 12.2 Å². The van der Waals surface area contributed by atoms with Crippen molar-refractivity contribution in [2.75, 3.05) is 5.32 Å². The molecule has 2 saturated heterocycles. The van der Waals surface area contributed by atoms with Crippen LogP contribution in [-0.4, -0.2) is 34.0 Å². The minimum absolute atomic E-state index is 0.275. The zero-order chi connectivity index (χ0) is 17.4. The highest BCUT2D eigenvalue weighted by Gasteiger charge is 2.41. The third-order valence-electron chi connectivity index (χ3n) is 5.89. The van der Waals surface area contributed by atoms with Gasteiger partial charge in [-0.15, -0.1) is 0 Å². The smallest absolute Gasteiger partial charge is 0.223 e. The summed E-state index contributed by atoms with van der Waals surface area (Å²) in [6.45, 7) is 2.10. The van der Waals surface area contributed by atoms with E-state index in [2.05, 4.69) is 34.6 Å². The van der Waals surface area contributed by atoms with E-state index in [4.69, 9.17) is 12.2 Å². The van der Waals surface area contributed by atoms with Crippen LogP contribution in [0.15, 0.2) is 24.3 Å². The van der Waals surface area contributed by atoms with Gasteiger partial charge in [-0.1, -0.05) is 18.2 Å². The molecule has 3 fully saturated rings. The van der Waals surface area contributed by atoms with Gasteiger partial charge in [-0.25, -0.2) is 0 Å². The molecule has 5 heteroatoms. The van der Waals surface area contributed by atoms with Crippen molar-refractivity contribution in [2.24, 2.45) is 5.92 Å². The number of hydrogen-bond acceptors (Lipinski definition) is 2. The number of carbonyl (C=O) groups is 1. The van der Waals surface area contributed by atoms with Crippen LogP contribution < -0.4 is 10.6 Å². The molecule has 1 saturated carbocycles. The van der Waals surface area contributed by atoms with Gasteiger partial charge in [0.1, 0.15) is 0 Å². The molecule has 4 nitrogen and oxygen atoms in total. The fraction of sp³-hybridized carbons (Fsp3) is 0.600. The molecular formula is C20H27N3OS. The first-order valence-electron chi connectivity index (χ1n) is 9.57. The van der Waals surface area contributed by atoms with Crippen molar-refractivity contribution in [3.05, 3.63) is 29.8 Å². The van der Waals surface area contributed by atoms with Crippen LogP contribution in [0.5, 0.6) is 0 Å². The molecule has 2 aliphatic heterocycles. The molecule has 0 aromatic heterocycles. The Balaban J connectivity index is 1.43. The average Bonchev–Trinajstić information content (AvgIpc) is 3.41. The second-order valence-corrected chi connectivity index (χ2v) is 8.23. The SMILES string of the molecule is Cc1ccccc1NC(=S)N1[C@@H]2CCC[C@H]1CC(NC(=O)C1CC1)C2. The minimum atomic E-state index is 0.275. The number of amides is 1. The fourth-order valence-corrected chi connectivity index (χ4v) is 4.80. The van der Waals surface area contributed by atoms with Gasteiger partial charge in [0.15, 0.2) is 5.11 Å². The number of fused-ring (bicyclic) bond motifs is 2. The number of nitrogens with one attached hydrogen (secondary N) is 2. The maximum Gasteiger partial charge on any atom is 0.223 e. The lowest BCUT2D eigenvalue weighted by Crippen LogP contribution is -2.59. The van der Waals surface area contributed by atoms with Crippen LogP contribution in [-0.2, 0) is 4.79 Å². The summed E-state index contributed by atoms with van der Waals surface area (Å²) in [6, 6.07) is 9.49. The van der Waals surface area contributed by atoms with Crippen molar-refractivity contribution in [3.63, 3.8) is 0 Å². The second kappa shape index (κ2) is 6.94. The van der Waals surface area contributed by atoms with Gasteiger partial charge < -0.3 is 15.5 Å². The zero-order valence-electron chi connectivity index (χ0n) is 14.8. The van der Waals surface area contributed by atoms with Crippen molar-refractivity contribution >= 4 is 28.9 Å². The molecule has 1 unspecified atom stereocenters. The van der Waals surface area contributed by atoms with Crippen molar-refractivity contribution < 1.29 is 4.79 Å². The molecule has 3 atom stereocenters. The van der Waals surface area contributed by atoms with Crippen LogP contribution in [0.25, 0.3) is 0 Å². The number of benzene rings is 1. The second-order valence-electron chi connectivity index (χ2n) is 7.84. The topological polar surface area (TPSA) is 44.4 Å². The van der Waals surface area contributed by atoms with Gasteiger partial charge in [0.05, 0.1) is 0 Å². The predicted octanol–water partition coefficient (Wildman–Crippen LogP) is 3.60. The Bertz CT molecular complexity index is 659. The van der Waals surface area contributed by atoms with Crippen molar-refractivity contribution in [1.82, 2.24) is 10.2 Å².